The van der Waals surface area contributed by atoms with Gasteiger partial charge in [-0.1, -0.05) is 11.6 Å². The Hall–Kier alpha value is -0.800. The maximum Gasteiger partial charge on any atom is 0.105 e. The lowest BCUT2D eigenvalue weighted by atomic mass is 10.3. The highest BCUT2D eigenvalue weighted by Gasteiger charge is 2.05. The van der Waals surface area contributed by atoms with E-state index in [9.17, 15) is 0 Å². The predicted molar refractivity (Wildman–Crippen MR) is 56.7 cm³/mol. The summed E-state index contributed by atoms with van der Waals surface area (Å²) in [7, 11) is 0. The van der Waals surface area contributed by atoms with Crippen LogP contribution in [0.2, 0.25) is 5.02 Å². The molecule has 0 fully saturated rings. The molecule has 0 aliphatic heterocycles. The van der Waals surface area contributed by atoms with Crippen LogP contribution in [0, 0.1) is 0 Å². The summed E-state index contributed by atoms with van der Waals surface area (Å²) < 4.78 is 0.990. The van der Waals surface area contributed by atoms with Gasteiger partial charge in [0.1, 0.15) is 5.69 Å². The van der Waals surface area contributed by atoms with E-state index in [1.54, 1.807) is 6.20 Å². The average Bonchev–Trinajstić information content (AvgIpc) is 2.53. The Labute approximate surface area is 89.1 Å². The lowest BCUT2D eigenvalue weighted by Crippen LogP contribution is -1.82. The van der Waals surface area contributed by atoms with Gasteiger partial charge in [-0.05, 0) is 34.1 Å². The van der Waals surface area contributed by atoms with Gasteiger partial charge in [-0.15, -0.1) is 0 Å². The number of nitrogens with zero attached hydrogens (tertiary/aromatic N) is 1. The van der Waals surface area contributed by atoms with Crippen LogP contribution in [0.4, 0.5) is 0 Å². The molecule has 0 bridgehead atoms. The zero-order valence-corrected chi connectivity index (χ0v) is 8.93. The van der Waals surface area contributed by atoms with E-state index in [-0.39, 0.29) is 0 Å². The summed E-state index contributed by atoms with van der Waals surface area (Å²) >= 11 is 9.32. The van der Waals surface area contributed by atoms with Gasteiger partial charge in [-0.2, -0.15) is 0 Å². The number of H-pyrrole nitrogens is 1. The minimum Gasteiger partial charge on any atom is -0.359 e. The third-order valence-electron chi connectivity index (χ3n) is 1.66. The molecule has 2 aromatic rings. The number of nitrogens with one attached hydrogen (secondary N) is 1. The van der Waals surface area contributed by atoms with Crippen molar-refractivity contribution < 1.29 is 0 Å². The fourth-order valence-corrected chi connectivity index (χ4v) is 1.66. The van der Waals surface area contributed by atoms with Crippen LogP contribution in [-0.2, 0) is 0 Å². The number of aromatic nitrogens is 2. The van der Waals surface area contributed by atoms with E-state index in [2.05, 4.69) is 25.9 Å². The molecule has 0 unspecified atom stereocenters. The fourth-order valence-electron chi connectivity index (χ4n) is 1.09. The van der Waals surface area contributed by atoms with Crippen molar-refractivity contribution in [3.63, 3.8) is 0 Å². The van der Waals surface area contributed by atoms with Gasteiger partial charge in [0.05, 0.1) is 10.7 Å². The SMILES string of the molecule is Clc1cccnc1-c1cc(Br)c[nH]1. The third kappa shape index (κ3) is 1.76. The smallest absolute Gasteiger partial charge is 0.105 e. The first-order chi connectivity index (χ1) is 6.27. The molecule has 4 heteroatoms. The summed E-state index contributed by atoms with van der Waals surface area (Å²) in [5.41, 5.74) is 1.69. The van der Waals surface area contributed by atoms with Crippen molar-refractivity contribution in [3.05, 3.63) is 40.1 Å². The van der Waals surface area contributed by atoms with Crippen LogP contribution in [0.5, 0.6) is 0 Å². The molecule has 2 rings (SSSR count). The van der Waals surface area contributed by atoms with E-state index < -0.39 is 0 Å². The van der Waals surface area contributed by atoms with E-state index in [4.69, 9.17) is 11.6 Å². The number of rotatable bonds is 1. The van der Waals surface area contributed by atoms with Crippen molar-refractivity contribution in [1.29, 1.82) is 0 Å². The standard InChI is InChI=1S/C9H6BrClN2/c10-6-4-8(13-5-6)9-7(11)2-1-3-12-9/h1-5,13H. The highest BCUT2D eigenvalue weighted by molar-refractivity contribution is 9.10. The molecule has 13 heavy (non-hydrogen) atoms. The summed E-state index contributed by atoms with van der Waals surface area (Å²) in [6, 6.07) is 5.57. The molecule has 1 N–H and O–H groups in total. The molecular formula is C9H6BrClN2. The van der Waals surface area contributed by atoms with Crippen LogP contribution >= 0.6 is 27.5 Å². The minimum atomic E-state index is 0.650. The molecule has 0 aliphatic rings. The minimum absolute atomic E-state index is 0.650. The summed E-state index contributed by atoms with van der Waals surface area (Å²) in [6.45, 7) is 0. The maximum absolute atomic E-state index is 5.97. The lowest BCUT2D eigenvalue weighted by Gasteiger charge is -1.98. The van der Waals surface area contributed by atoms with Gasteiger partial charge in [0.15, 0.2) is 0 Å². The Morgan fingerprint density at radius 3 is 2.92 bits per heavy atom. The molecule has 2 heterocycles. The average molecular weight is 258 g/mol. The van der Waals surface area contributed by atoms with Crippen molar-refractivity contribution >= 4 is 27.5 Å². The first-order valence-corrected chi connectivity index (χ1v) is 4.89. The molecule has 0 aromatic carbocycles. The zero-order chi connectivity index (χ0) is 9.26. The maximum atomic E-state index is 5.97. The second kappa shape index (κ2) is 3.52. The largest absolute Gasteiger partial charge is 0.359 e. The van der Waals surface area contributed by atoms with Crippen LogP contribution in [0.1, 0.15) is 0 Å². The quantitative estimate of drug-likeness (QED) is 0.832. The predicted octanol–water partition coefficient (Wildman–Crippen LogP) is 3.49. The second-order valence-electron chi connectivity index (χ2n) is 2.57. The Morgan fingerprint density at radius 2 is 2.31 bits per heavy atom. The molecule has 0 saturated heterocycles. The summed E-state index contributed by atoms with van der Waals surface area (Å²) in [4.78, 5) is 7.25. The molecule has 0 spiro atoms. The first kappa shape index (κ1) is 8.78. The Bertz CT molecular complexity index is 425. The summed E-state index contributed by atoms with van der Waals surface area (Å²) in [6.07, 6.45) is 3.57. The summed E-state index contributed by atoms with van der Waals surface area (Å²) in [5, 5.41) is 0.650. The van der Waals surface area contributed by atoms with E-state index >= 15 is 0 Å². The van der Waals surface area contributed by atoms with Gasteiger partial charge in [0.2, 0.25) is 0 Å². The Balaban J connectivity index is 2.52. The number of pyridine rings is 1. The molecule has 2 aromatic heterocycles. The Kier molecular flexibility index (Phi) is 2.38. The molecule has 66 valence electrons. The van der Waals surface area contributed by atoms with E-state index in [1.807, 2.05) is 24.4 Å². The topological polar surface area (TPSA) is 28.7 Å². The second-order valence-corrected chi connectivity index (χ2v) is 3.89. The van der Waals surface area contributed by atoms with Crippen molar-refractivity contribution in [2.45, 2.75) is 0 Å². The third-order valence-corrected chi connectivity index (χ3v) is 2.42. The monoisotopic (exact) mass is 256 g/mol. The van der Waals surface area contributed by atoms with Crippen molar-refractivity contribution in [3.8, 4) is 11.4 Å². The van der Waals surface area contributed by atoms with E-state index in [1.165, 1.54) is 0 Å². The summed E-state index contributed by atoms with van der Waals surface area (Å²) in [5.74, 6) is 0. The first-order valence-electron chi connectivity index (χ1n) is 3.72. The normalized spacial score (nSPS) is 10.3. The number of halogens is 2. The molecule has 0 saturated carbocycles. The molecular weight excluding hydrogens is 251 g/mol. The van der Waals surface area contributed by atoms with E-state index in [0.29, 0.717) is 5.02 Å². The molecule has 0 radical (unpaired) electrons. The fraction of sp³-hybridized carbons (Fsp3) is 0. The van der Waals surface area contributed by atoms with Gasteiger partial charge >= 0.3 is 0 Å². The van der Waals surface area contributed by atoms with Crippen molar-refractivity contribution in [2.75, 3.05) is 0 Å². The van der Waals surface area contributed by atoms with Gasteiger partial charge in [0, 0.05) is 16.9 Å². The highest BCUT2D eigenvalue weighted by atomic mass is 79.9. The van der Waals surface area contributed by atoms with E-state index in [0.717, 1.165) is 15.9 Å². The van der Waals surface area contributed by atoms with Crippen LogP contribution in [-0.4, -0.2) is 9.97 Å². The Morgan fingerprint density at radius 1 is 1.46 bits per heavy atom. The van der Waals surface area contributed by atoms with Gasteiger partial charge < -0.3 is 4.98 Å². The molecule has 2 nitrogen and oxygen atoms in total. The van der Waals surface area contributed by atoms with Crippen molar-refractivity contribution in [1.82, 2.24) is 9.97 Å². The highest BCUT2D eigenvalue weighted by Crippen LogP contribution is 2.25. The lowest BCUT2D eigenvalue weighted by molar-refractivity contribution is 1.28. The molecule has 0 aliphatic carbocycles. The van der Waals surface area contributed by atoms with Gasteiger partial charge in [-0.25, -0.2) is 0 Å². The zero-order valence-electron chi connectivity index (χ0n) is 6.59. The number of hydrogen-bond donors (Lipinski definition) is 1. The molecule has 0 atom stereocenters. The van der Waals surface area contributed by atoms with Gasteiger partial charge in [-0.3, -0.25) is 4.98 Å². The van der Waals surface area contributed by atoms with Gasteiger partial charge in [0.25, 0.3) is 0 Å². The van der Waals surface area contributed by atoms with Crippen LogP contribution in [0.15, 0.2) is 35.1 Å². The number of aromatic amines is 1. The van der Waals surface area contributed by atoms with Crippen LogP contribution in [0.25, 0.3) is 11.4 Å². The number of hydrogen-bond acceptors (Lipinski definition) is 1. The van der Waals surface area contributed by atoms with Crippen LogP contribution in [0.3, 0.4) is 0 Å². The van der Waals surface area contributed by atoms with Crippen LogP contribution < -0.4 is 0 Å². The van der Waals surface area contributed by atoms with Crippen molar-refractivity contribution in [2.24, 2.45) is 0 Å². The molecule has 0 amide bonds.